The number of amides is 1. The third kappa shape index (κ3) is 5.26. The molecule has 1 N–H and O–H groups in total. The number of ketones is 1. The minimum Gasteiger partial charge on any atom is -0.467 e. The van der Waals surface area contributed by atoms with E-state index >= 15 is 0 Å². The number of rotatable bonds is 6. The average Bonchev–Trinajstić information content (AvgIpc) is 2.67. The predicted molar refractivity (Wildman–Crippen MR) is 103 cm³/mol. The molecule has 1 saturated heterocycles. The number of piperidine rings is 1. The smallest absolute Gasteiger partial charge is 0.262 e. The van der Waals surface area contributed by atoms with Gasteiger partial charge in [-0.25, -0.2) is 4.98 Å². The molecule has 142 valence electrons. The first-order valence-electron chi connectivity index (χ1n) is 9.15. The molecule has 0 unspecified atom stereocenters. The fourth-order valence-corrected chi connectivity index (χ4v) is 2.99. The maximum absolute atomic E-state index is 12.2. The molecular weight excluding hydrogens is 344 g/mol. The lowest BCUT2D eigenvalue weighted by Crippen LogP contribution is -2.31. The third-order valence-electron chi connectivity index (χ3n) is 4.36. The van der Waals surface area contributed by atoms with E-state index in [1.54, 1.807) is 30.3 Å². The number of Topliss-reactive ketones (excluding diaryl/α,β-unsaturated/α-hetero) is 1. The van der Waals surface area contributed by atoms with Crippen molar-refractivity contribution in [2.75, 3.05) is 29.9 Å². The molecular formula is C20H24N4O3. The molecule has 7 nitrogen and oxygen atoms in total. The number of nitrogens with zero attached hydrogens (tertiary/aromatic N) is 3. The number of aryl methyl sites for hydroxylation is 1. The van der Waals surface area contributed by atoms with E-state index in [0.29, 0.717) is 23.1 Å². The van der Waals surface area contributed by atoms with Crippen LogP contribution in [0, 0.1) is 6.92 Å². The lowest BCUT2D eigenvalue weighted by molar-refractivity contribution is -0.118. The van der Waals surface area contributed by atoms with Crippen molar-refractivity contribution in [3.05, 3.63) is 41.6 Å². The second-order valence-corrected chi connectivity index (χ2v) is 6.67. The van der Waals surface area contributed by atoms with Crippen LogP contribution in [0.1, 0.15) is 42.2 Å². The highest BCUT2D eigenvalue weighted by molar-refractivity contribution is 5.97. The topological polar surface area (TPSA) is 84.4 Å². The molecule has 0 bridgehead atoms. The number of benzene rings is 1. The summed E-state index contributed by atoms with van der Waals surface area (Å²) in [4.78, 5) is 34.7. The highest BCUT2D eigenvalue weighted by atomic mass is 16.5. The largest absolute Gasteiger partial charge is 0.467 e. The van der Waals surface area contributed by atoms with Gasteiger partial charge in [0.05, 0.1) is 0 Å². The van der Waals surface area contributed by atoms with Crippen LogP contribution in [0.5, 0.6) is 5.88 Å². The van der Waals surface area contributed by atoms with Crippen molar-refractivity contribution >= 4 is 23.3 Å². The van der Waals surface area contributed by atoms with E-state index in [9.17, 15) is 9.59 Å². The maximum Gasteiger partial charge on any atom is 0.262 e. The molecule has 0 atom stereocenters. The van der Waals surface area contributed by atoms with Crippen molar-refractivity contribution in [2.24, 2.45) is 0 Å². The summed E-state index contributed by atoms with van der Waals surface area (Å²) in [6.45, 7) is 5.09. The fraction of sp³-hybridized carbons (Fsp3) is 0.400. The van der Waals surface area contributed by atoms with Gasteiger partial charge in [-0.3, -0.25) is 9.59 Å². The normalized spacial score (nSPS) is 13.9. The zero-order valence-electron chi connectivity index (χ0n) is 15.7. The predicted octanol–water partition coefficient (Wildman–Crippen LogP) is 3.00. The Hall–Kier alpha value is -2.96. The Balaban J connectivity index is 1.60. The number of hydrogen-bond donors (Lipinski definition) is 1. The Kier molecular flexibility index (Phi) is 6.01. The van der Waals surface area contributed by atoms with Crippen molar-refractivity contribution in [3.8, 4) is 5.88 Å². The van der Waals surface area contributed by atoms with Crippen molar-refractivity contribution in [2.45, 2.75) is 33.1 Å². The molecule has 0 aliphatic carbocycles. The minimum absolute atomic E-state index is 0.0518. The number of nitrogens with one attached hydrogen (secondary N) is 1. The highest BCUT2D eigenvalue weighted by Crippen LogP contribution is 2.19. The van der Waals surface area contributed by atoms with Crippen LogP contribution in [0.2, 0.25) is 0 Å². The highest BCUT2D eigenvalue weighted by Gasteiger charge is 2.15. The Bertz CT molecular complexity index is 832. The fourth-order valence-electron chi connectivity index (χ4n) is 2.99. The van der Waals surface area contributed by atoms with Gasteiger partial charge in [0.25, 0.3) is 5.91 Å². The average molecular weight is 368 g/mol. The van der Waals surface area contributed by atoms with Crippen molar-refractivity contribution in [1.29, 1.82) is 0 Å². The second kappa shape index (κ2) is 8.62. The minimum atomic E-state index is -0.313. The summed E-state index contributed by atoms with van der Waals surface area (Å²) < 4.78 is 5.57. The summed E-state index contributed by atoms with van der Waals surface area (Å²) in [6, 6.07) is 8.53. The van der Waals surface area contributed by atoms with Crippen LogP contribution in [0.15, 0.2) is 30.3 Å². The van der Waals surface area contributed by atoms with E-state index < -0.39 is 0 Å². The van der Waals surface area contributed by atoms with Crippen LogP contribution in [0.4, 0.5) is 11.6 Å². The van der Waals surface area contributed by atoms with Crippen LogP contribution < -0.4 is 15.0 Å². The Morgan fingerprint density at radius 3 is 2.67 bits per heavy atom. The summed E-state index contributed by atoms with van der Waals surface area (Å²) in [5.41, 5.74) is 1.91. The van der Waals surface area contributed by atoms with Gasteiger partial charge in [-0.2, -0.15) is 4.98 Å². The van der Waals surface area contributed by atoms with Crippen LogP contribution in [-0.2, 0) is 4.79 Å². The van der Waals surface area contributed by atoms with Crippen LogP contribution in [-0.4, -0.2) is 41.4 Å². The second-order valence-electron chi connectivity index (χ2n) is 6.67. The summed E-state index contributed by atoms with van der Waals surface area (Å²) >= 11 is 0. The number of carbonyl (C=O) groups excluding carboxylic acids is 2. The maximum atomic E-state index is 12.2. The standard InChI is InChI=1S/C20H24N4O3/c1-14-11-19(23-20(21-14)24-9-4-3-5-10-24)27-13-18(26)22-17-8-6-7-16(12-17)15(2)25/h6-8,11-12H,3-5,9-10,13H2,1-2H3,(H,22,26). The monoisotopic (exact) mass is 368 g/mol. The van der Waals surface area contributed by atoms with E-state index in [0.717, 1.165) is 31.6 Å². The Morgan fingerprint density at radius 1 is 1.15 bits per heavy atom. The quantitative estimate of drug-likeness (QED) is 0.789. The first-order chi connectivity index (χ1) is 13.0. The molecule has 7 heteroatoms. The lowest BCUT2D eigenvalue weighted by Gasteiger charge is -2.26. The van der Waals surface area contributed by atoms with Gasteiger partial charge in [0, 0.05) is 36.1 Å². The number of aromatic nitrogens is 2. The molecule has 1 aromatic carbocycles. The first kappa shape index (κ1) is 18.8. The molecule has 1 aliphatic rings. The number of carbonyl (C=O) groups is 2. The number of anilines is 2. The summed E-state index contributed by atoms with van der Waals surface area (Å²) in [7, 11) is 0. The molecule has 1 aromatic heterocycles. The van der Waals surface area contributed by atoms with E-state index in [2.05, 4.69) is 20.2 Å². The summed E-state index contributed by atoms with van der Waals surface area (Å²) in [6.07, 6.45) is 3.50. The molecule has 1 amide bonds. The third-order valence-corrected chi connectivity index (χ3v) is 4.36. The lowest BCUT2D eigenvalue weighted by atomic mass is 10.1. The van der Waals surface area contributed by atoms with Gasteiger partial charge in [0.15, 0.2) is 12.4 Å². The molecule has 2 aromatic rings. The van der Waals surface area contributed by atoms with Crippen LogP contribution >= 0.6 is 0 Å². The van der Waals surface area contributed by atoms with Gasteiger partial charge in [-0.1, -0.05) is 12.1 Å². The number of ether oxygens (including phenoxy) is 1. The van der Waals surface area contributed by atoms with Crippen molar-refractivity contribution < 1.29 is 14.3 Å². The zero-order chi connectivity index (χ0) is 19.2. The molecule has 27 heavy (non-hydrogen) atoms. The SMILES string of the molecule is CC(=O)c1cccc(NC(=O)COc2cc(C)nc(N3CCCCC3)n2)c1. The van der Waals surface area contributed by atoms with Crippen LogP contribution in [0.25, 0.3) is 0 Å². The van der Waals surface area contributed by atoms with Gasteiger partial charge in [0.2, 0.25) is 11.8 Å². The molecule has 0 saturated carbocycles. The number of hydrogen-bond acceptors (Lipinski definition) is 6. The van der Waals surface area contributed by atoms with Crippen molar-refractivity contribution in [1.82, 2.24) is 9.97 Å². The van der Waals surface area contributed by atoms with Gasteiger partial charge < -0.3 is 15.0 Å². The van der Waals surface area contributed by atoms with E-state index in [4.69, 9.17) is 4.74 Å². The molecule has 3 rings (SSSR count). The summed E-state index contributed by atoms with van der Waals surface area (Å²) in [5, 5.41) is 2.73. The summed E-state index contributed by atoms with van der Waals surface area (Å²) in [5.74, 6) is 0.672. The molecule has 1 fully saturated rings. The van der Waals surface area contributed by atoms with Gasteiger partial charge >= 0.3 is 0 Å². The van der Waals surface area contributed by atoms with Gasteiger partial charge in [-0.15, -0.1) is 0 Å². The van der Waals surface area contributed by atoms with Crippen LogP contribution in [0.3, 0.4) is 0 Å². The molecule has 2 heterocycles. The molecule has 1 aliphatic heterocycles. The Morgan fingerprint density at radius 2 is 1.93 bits per heavy atom. The molecule has 0 radical (unpaired) electrons. The first-order valence-corrected chi connectivity index (χ1v) is 9.15. The van der Waals surface area contributed by atoms with Gasteiger partial charge in [-0.05, 0) is 45.2 Å². The van der Waals surface area contributed by atoms with E-state index in [-0.39, 0.29) is 18.3 Å². The molecule has 0 spiro atoms. The Labute approximate surface area is 158 Å². The van der Waals surface area contributed by atoms with E-state index in [1.165, 1.54) is 13.3 Å². The zero-order valence-corrected chi connectivity index (χ0v) is 15.7. The van der Waals surface area contributed by atoms with Gasteiger partial charge in [0.1, 0.15) is 0 Å². The van der Waals surface area contributed by atoms with Crippen molar-refractivity contribution in [3.63, 3.8) is 0 Å². The van der Waals surface area contributed by atoms with E-state index in [1.807, 2.05) is 6.92 Å².